The molecule has 1 aromatic heterocycles. The fraction of sp³-hybridized carbons (Fsp3) is 0.0400. The Morgan fingerprint density at radius 2 is 1.53 bits per heavy atom. The molecule has 3 N–H and O–H groups in total. The van der Waals surface area contributed by atoms with E-state index in [1.807, 2.05) is 18.2 Å². The van der Waals surface area contributed by atoms with Gasteiger partial charge in [-0.05, 0) is 58.8 Å². The SMILES string of the molecule is NCc1ccc2ccccc2c1.O=c1[nH]c(-c2ccc(F)cc2)nc2ccccc12. The molecule has 0 bridgehead atoms. The summed E-state index contributed by atoms with van der Waals surface area (Å²) in [7, 11) is 0. The summed E-state index contributed by atoms with van der Waals surface area (Å²) in [6.07, 6.45) is 0. The molecule has 0 aliphatic heterocycles. The summed E-state index contributed by atoms with van der Waals surface area (Å²) in [4.78, 5) is 18.9. The Balaban J connectivity index is 0.000000158. The van der Waals surface area contributed by atoms with Crippen molar-refractivity contribution in [3.05, 3.63) is 113 Å². The Hall–Kier alpha value is -3.83. The number of aromatic nitrogens is 2. The molecule has 0 atom stereocenters. The molecule has 0 spiro atoms. The number of para-hydroxylation sites is 1. The number of fused-ring (bicyclic) bond motifs is 2. The Morgan fingerprint density at radius 1 is 0.833 bits per heavy atom. The molecule has 5 heteroatoms. The van der Waals surface area contributed by atoms with E-state index in [4.69, 9.17) is 5.73 Å². The van der Waals surface area contributed by atoms with E-state index in [0.717, 1.165) is 0 Å². The van der Waals surface area contributed by atoms with Crippen LogP contribution in [0.25, 0.3) is 33.1 Å². The summed E-state index contributed by atoms with van der Waals surface area (Å²) in [6.45, 7) is 0.616. The average Bonchev–Trinajstić information content (AvgIpc) is 2.79. The van der Waals surface area contributed by atoms with E-state index in [2.05, 4.69) is 40.3 Å². The minimum absolute atomic E-state index is 0.195. The number of H-pyrrole nitrogens is 1. The van der Waals surface area contributed by atoms with Gasteiger partial charge in [-0.1, -0.05) is 48.5 Å². The number of rotatable bonds is 2. The van der Waals surface area contributed by atoms with Crippen molar-refractivity contribution < 1.29 is 4.39 Å². The third-order valence-electron chi connectivity index (χ3n) is 4.78. The van der Waals surface area contributed by atoms with Crippen LogP contribution >= 0.6 is 0 Å². The zero-order chi connectivity index (χ0) is 20.9. The van der Waals surface area contributed by atoms with Gasteiger partial charge in [-0.25, -0.2) is 9.37 Å². The number of nitrogens with zero attached hydrogens (tertiary/aromatic N) is 1. The van der Waals surface area contributed by atoms with Gasteiger partial charge in [-0.3, -0.25) is 4.79 Å². The lowest BCUT2D eigenvalue weighted by Gasteiger charge is -2.02. The molecular formula is C25H20FN3O. The summed E-state index contributed by atoms with van der Waals surface area (Å²) >= 11 is 0. The van der Waals surface area contributed by atoms with Crippen LogP contribution in [0, 0.1) is 5.82 Å². The number of benzene rings is 4. The van der Waals surface area contributed by atoms with Crippen molar-refractivity contribution in [2.75, 3.05) is 0 Å². The summed E-state index contributed by atoms with van der Waals surface area (Å²) < 4.78 is 12.8. The van der Waals surface area contributed by atoms with Crippen LogP contribution in [0.3, 0.4) is 0 Å². The van der Waals surface area contributed by atoms with Gasteiger partial charge in [0.05, 0.1) is 10.9 Å². The molecule has 4 nitrogen and oxygen atoms in total. The van der Waals surface area contributed by atoms with E-state index < -0.39 is 0 Å². The molecule has 0 saturated carbocycles. The molecule has 0 fully saturated rings. The molecule has 0 amide bonds. The smallest absolute Gasteiger partial charge is 0.259 e. The van der Waals surface area contributed by atoms with Crippen molar-refractivity contribution in [1.82, 2.24) is 9.97 Å². The number of aromatic amines is 1. The maximum Gasteiger partial charge on any atom is 0.259 e. The van der Waals surface area contributed by atoms with E-state index >= 15 is 0 Å². The maximum absolute atomic E-state index is 12.8. The second-order valence-corrected chi connectivity index (χ2v) is 6.82. The largest absolute Gasteiger partial charge is 0.326 e. The molecule has 4 aromatic carbocycles. The summed E-state index contributed by atoms with van der Waals surface area (Å²) in [5, 5.41) is 3.08. The van der Waals surface area contributed by atoms with E-state index in [-0.39, 0.29) is 11.4 Å². The zero-order valence-electron chi connectivity index (χ0n) is 16.2. The predicted molar refractivity (Wildman–Crippen MR) is 120 cm³/mol. The molecular weight excluding hydrogens is 377 g/mol. The second kappa shape index (κ2) is 8.68. The van der Waals surface area contributed by atoms with Gasteiger partial charge in [0.25, 0.3) is 5.56 Å². The molecule has 0 unspecified atom stereocenters. The molecule has 5 rings (SSSR count). The van der Waals surface area contributed by atoms with Crippen molar-refractivity contribution in [2.45, 2.75) is 6.54 Å². The van der Waals surface area contributed by atoms with Gasteiger partial charge in [-0.2, -0.15) is 0 Å². The highest BCUT2D eigenvalue weighted by Gasteiger charge is 2.05. The number of hydrogen-bond acceptors (Lipinski definition) is 3. The van der Waals surface area contributed by atoms with Crippen molar-refractivity contribution >= 4 is 21.7 Å². The minimum atomic E-state index is -0.318. The van der Waals surface area contributed by atoms with Gasteiger partial charge in [0.2, 0.25) is 0 Å². The highest BCUT2D eigenvalue weighted by atomic mass is 19.1. The minimum Gasteiger partial charge on any atom is -0.326 e. The Kier molecular flexibility index (Phi) is 5.63. The fourth-order valence-electron chi connectivity index (χ4n) is 3.20. The summed E-state index contributed by atoms with van der Waals surface area (Å²) in [6, 6.07) is 27.6. The van der Waals surface area contributed by atoms with Crippen LogP contribution in [0.1, 0.15) is 5.56 Å². The molecule has 0 aliphatic rings. The van der Waals surface area contributed by atoms with Crippen LogP contribution in [0.4, 0.5) is 4.39 Å². The molecule has 0 radical (unpaired) electrons. The third-order valence-corrected chi connectivity index (χ3v) is 4.78. The Bertz CT molecular complexity index is 1360. The molecule has 0 aliphatic carbocycles. The monoisotopic (exact) mass is 397 g/mol. The quantitative estimate of drug-likeness (QED) is 0.439. The molecule has 0 saturated heterocycles. The first-order valence-corrected chi connectivity index (χ1v) is 9.57. The summed E-state index contributed by atoms with van der Waals surface area (Å²) in [5.74, 6) is 0.126. The first-order valence-electron chi connectivity index (χ1n) is 9.57. The first kappa shape index (κ1) is 19.5. The van der Waals surface area contributed by atoms with Crippen LogP contribution < -0.4 is 11.3 Å². The Morgan fingerprint density at radius 3 is 2.30 bits per heavy atom. The van der Waals surface area contributed by atoms with Gasteiger partial charge in [-0.15, -0.1) is 0 Å². The topological polar surface area (TPSA) is 71.8 Å². The van der Waals surface area contributed by atoms with Crippen molar-refractivity contribution in [3.63, 3.8) is 0 Å². The van der Waals surface area contributed by atoms with Gasteiger partial charge in [0.1, 0.15) is 11.6 Å². The van der Waals surface area contributed by atoms with Crippen LogP contribution in [-0.2, 0) is 6.54 Å². The lowest BCUT2D eigenvalue weighted by Crippen LogP contribution is -2.09. The van der Waals surface area contributed by atoms with Crippen molar-refractivity contribution in [2.24, 2.45) is 5.73 Å². The van der Waals surface area contributed by atoms with Gasteiger partial charge < -0.3 is 10.7 Å². The van der Waals surface area contributed by atoms with Crippen LogP contribution in [0.15, 0.2) is 95.8 Å². The highest BCUT2D eigenvalue weighted by Crippen LogP contribution is 2.17. The lowest BCUT2D eigenvalue weighted by molar-refractivity contribution is 0.628. The summed E-state index contributed by atoms with van der Waals surface area (Å²) in [5.41, 5.74) is 7.84. The highest BCUT2D eigenvalue weighted by molar-refractivity contribution is 5.83. The molecule has 1 heterocycles. The van der Waals surface area contributed by atoms with Gasteiger partial charge in [0.15, 0.2) is 0 Å². The fourth-order valence-corrected chi connectivity index (χ4v) is 3.20. The van der Waals surface area contributed by atoms with Gasteiger partial charge in [0, 0.05) is 12.1 Å². The first-order chi connectivity index (χ1) is 14.6. The number of halogens is 1. The zero-order valence-corrected chi connectivity index (χ0v) is 16.2. The van der Waals surface area contributed by atoms with Crippen LogP contribution in [-0.4, -0.2) is 9.97 Å². The molecule has 148 valence electrons. The second-order valence-electron chi connectivity index (χ2n) is 6.82. The van der Waals surface area contributed by atoms with E-state index in [1.54, 1.807) is 30.3 Å². The molecule has 30 heavy (non-hydrogen) atoms. The van der Waals surface area contributed by atoms with Crippen molar-refractivity contribution in [3.8, 4) is 11.4 Å². The van der Waals surface area contributed by atoms with Crippen molar-refractivity contribution in [1.29, 1.82) is 0 Å². The van der Waals surface area contributed by atoms with E-state index in [9.17, 15) is 9.18 Å². The third kappa shape index (κ3) is 4.26. The normalized spacial score (nSPS) is 10.6. The average molecular weight is 397 g/mol. The number of hydrogen-bond donors (Lipinski definition) is 2. The maximum atomic E-state index is 12.8. The standard InChI is InChI=1S/C14H9FN2O.C11H11N/c15-10-7-5-9(6-8-10)13-16-12-4-2-1-3-11(12)14(18)17-13;12-8-9-5-6-10-3-1-2-4-11(10)7-9/h1-8H,(H,16,17,18);1-7H,8,12H2. The van der Waals surface area contributed by atoms with Gasteiger partial charge >= 0.3 is 0 Å². The molecule has 5 aromatic rings. The van der Waals surface area contributed by atoms with E-state index in [0.29, 0.717) is 28.8 Å². The van der Waals surface area contributed by atoms with Crippen LogP contribution in [0.5, 0.6) is 0 Å². The van der Waals surface area contributed by atoms with Crippen LogP contribution in [0.2, 0.25) is 0 Å². The predicted octanol–water partition coefficient (Wildman–Crippen LogP) is 5.03. The lowest BCUT2D eigenvalue weighted by atomic mass is 10.1. The number of nitrogens with two attached hydrogens (primary N) is 1. The number of nitrogens with one attached hydrogen (secondary N) is 1. The Labute approximate surface area is 172 Å². The van der Waals surface area contributed by atoms with E-state index in [1.165, 1.54) is 28.5 Å².